The number of hydrogen-bond donors (Lipinski definition) is 2. The van der Waals surface area contributed by atoms with E-state index in [-0.39, 0.29) is 12.7 Å². The number of rotatable bonds is 6. The molecule has 6 rings (SSSR count). The molecule has 1 aliphatic heterocycles. The third kappa shape index (κ3) is 4.84. The fourth-order valence-electron chi connectivity index (χ4n) is 4.79. The number of ether oxygens (including phenoxy) is 2. The van der Waals surface area contributed by atoms with Gasteiger partial charge in [-0.1, -0.05) is 30.0 Å². The van der Waals surface area contributed by atoms with Crippen LogP contribution in [0.5, 0.6) is 5.75 Å². The van der Waals surface area contributed by atoms with Crippen molar-refractivity contribution in [3.05, 3.63) is 118 Å². The molecule has 2 aromatic heterocycles. The Morgan fingerprint density at radius 1 is 1.07 bits per heavy atom. The first-order valence-corrected chi connectivity index (χ1v) is 12.5. The van der Waals surface area contributed by atoms with Gasteiger partial charge in [-0.2, -0.15) is 0 Å². The molecule has 0 saturated carbocycles. The van der Waals surface area contributed by atoms with E-state index in [0.717, 1.165) is 16.6 Å². The van der Waals surface area contributed by atoms with Gasteiger partial charge in [-0.15, -0.1) is 0 Å². The zero-order valence-electron chi connectivity index (χ0n) is 21.5. The zero-order valence-corrected chi connectivity index (χ0v) is 21.5. The molecule has 3 heterocycles. The van der Waals surface area contributed by atoms with Crippen LogP contribution in [0.15, 0.2) is 79.0 Å². The Balaban J connectivity index is 1.41. The predicted octanol–water partition coefficient (Wildman–Crippen LogP) is 4.81. The van der Waals surface area contributed by atoms with Crippen LogP contribution in [0.4, 0.5) is 10.2 Å². The fourth-order valence-corrected chi connectivity index (χ4v) is 4.79. The van der Waals surface area contributed by atoms with Gasteiger partial charge in [-0.05, 0) is 60.2 Å². The fraction of sp³-hybridized carbons (Fsp3) is 0.129. The number of fused-ring (bicyclic) bond motifs is 2. The molecule has 0 bridgehead atoms. The zero-order chi connectivity index (χ0) is 27.6. The van der Waals surface area contributed by atoms with Gasteiger partial charge < -0.3 is 25.1 Å². The summed E-state index contributed by atoms with van der Waals surface area (Å²) < 4.78 is 25.5. The largest absolute Gasteiger partial charge is 0.467 e. The first kappa shape index (κ1) is 25.1. The number of aromatic nitrogens is 3. The molecule has 5 aromatic rings. The van der Waals surface area contributed by atoms with Crippen LogP contribution in [0.3, 0.4) is 0 Å². The van der Waals surface area contributed by atoms with E-state index in [1.165, 1.54) is 25.3 Å². The molecular formula is C31H24FN5O3. The van der Waals surface area contributed by atoms with Crippen molar-refractivity contribution in [3.8, 4) is 17.6 Å². The molecule has 1 unspecified atom stereocenters. The van der Waals surface area contributed by atoms with E-state index in [9.17, 15) is 9.18 Å². The second-order valence-corrected chi connectivity index (χ2v) is 9.30. The summed E-state index contributed by atoms with van der Waals surface area (Å²) >= 11 is 0. The quantitative estimate of drug-likeness (QED) is 0.240. The van der Waals surface area contributed by atoms with Crippen molar-refractivity contribution >= 4 is 22.8 Å². The van der Waals surface area contributed by atoms with Gasteiger partial charge in [-0.3, -0.25) is 4.79 Å². The van der Waals surface area contributed by atoms with Gasteiger partial charge >= 0.3 is 0 Å². The number of nitrogens with zero attached hydrogens (tertiary/aromatic N) is 3. The van der Waals surface area contributed by atoms with Crippen LogP contribution >= 0.6 is 0 Å². The van der Waals surface area contributed by atoms with Crippen LogP contribution in [0, 0.1) is 17.7 Å². The number of halogens is 1. The first-order chi connectivity index (χ1) is 19.5. The van der Waals surface area contributed by atoms with E-state index >= 15 is 0 Å². The predicted molar refractivity (Wildman–Crippen MR) is 148 cm³/mol. The lowest BCUT2D eigenvalue weighted by Crippen LogP contribution is -2.31. The van der Waals surface area contributed by atoms with Crippen molar-refractivity contribution in [2.24, 2.45) is 0 Å². The van der Waals surface area contributed by atoms with E-state index in [4.69, 9.17) is 20.2 Å². The Bertz CT molecular complexity index is 1760. The number of nitrogens with one attached hydrogen (secondary N) is 1. The molecule has 0 aliphatic carbocycles. The Morgan fingerprint density at radius 3 is 2.70 bits per heavy atom. The van der Waals surface area contributed by atoms with Crippen LogP contribution in [0.25, 0.3) is 11.0 Å². The van der Waals surface area contributed by atoms with Gasteiger partial charge in [0.25, 0.3) is 5.91 Å². The molecule has 0 saturated heterocycles. The van der Waals surface area contributed by atoms with Crippen molar-refractivity contribution in [3.63, 3.8) is 0 Å². The Labute approximate surface area is 229 Å². The second-order valence-electron chi connectivity index (χ2n) is 9.30. The first-order valence-electron chi connectivity index (χ1n) is 12.5. The molecule has 198 valence electrons. The molecule has 40 heavy (non-hydrogen) atoms. The molecule has 0 radical (unpaired) electrons. The number of H-pyrrole nitrogens is 1. The normalized spacial score (nSPS) is 13.2. The van der Waals surface area contributed by atoms with E-state index in [2.05, 4.69) is 21.8 Å². The number of nitrogen functional groups attached to an aromatic ring is 1. The van der Waals surface area contributed by atoms with Crippen molar-refractivity contribution in [2.45, 2.75) is 12.6 Å². The maximum absolute atomic E-state index is 14.6. The molecule has 0 spiro atoms. The average molecular weight is 534 g/mol. The Morgan fingerprint density at radius 2 is 1.90 bits per heavy atom. The van der Waals surface area contributed by atoms with Gasteiger partial charge in [0.1, 0.15) is 29.3 Å². The van der Waals surface area contributed by atoms with Gasteiger partial charge in [0, 0.05) is 42.1 Å². The second kappa shape index (κ2) is 10.5. The Hall–Kier alpha value is -5.20. The van der Waals surface area contributed by atoms with Crippen LogP contribution < -0.4 is 10.5 Å². The van der Waals surface area contributed by atoms with Crippen molar-refractivity contribution in [2.75, 3.05) is 19.6 Å². The maximum atomic E-state index is 14.6. The summed E-state index contributed by atoms with van der Waals surface area (Å²) in [6.45, 7) is 0.261. The third-order valence-corrected chi connectivity index (χ3v) is 6.66. The monoisotopic (exact) mass is 533 g/mol. The van der Waals surface area contributed by atoms with E-state index in [1.54, 1.807) is 29.3 Å². The number of para-hydroxylation sites is 2. The summed E-state index contributed by atoms with van der Waals surface area (Å²) in [5, 5.41) is 0. The van der Waals surface area contributed by atoms with Gasteiger partial charge in [0.2, 0.25) is 0 Å². The van der Waals surface area contributed by atoms with Gasteiger partial charge in [-0.25, -0.2) is 14.4 Å². The number of amides is 1. The van der Waals surface area contributed by atoms with Gasteiger partial charge in [0.05, 0.1) is 11.0 Å². The standard InChI is InChI=1S/C31H24FN5O3/c1-39-18-40-27-12-11-22(32)15-24(27)29(30-35-25-4-2-3-5-26(25)36-30)37-17-21-10-8-19(14-23(21)31(37)38)6-7-20-9-13-28(33)34-16-20/h2-5,8-16,29H,17-18H2,1H3,(H2,33,34)(H,35,36). The van der Waals surface area contributed by atoms with Gasteiger partial charge in [0.15, 0.2) is 6.79 Å². The number of aromatic amines is 1. The number of methoxy groups -OCH3 is 1. The lowest BCUT2D eigenvalue weighted by molar-refractivity contribution is 0.0487. The minimum absolute atomic E-state index is 0.0365. The maximum Gasteiger partial charge on any atom is 0.255 e. The van der Waals surface area contributed by atoms with Crippen molar-refractivity contribution in [1.29, 1.82) is 0 Å². The number of anilines is 1. The SMILES string of the molecule is COCOc1ccc(F)cc1C(c1nc2ccccc2[nH]1)N1Cc2ccc(C#Cc3ccc(N)nc3)cc2C1=O. The third-order valence-electron chi connectivity index (χ3n) is 6.66. The number of pyridine rings is 1. The molecular weight excluding hydrogens is 509 g/mol. The van der Waals surface area contributed by atoms with Crippen LogP contribution in [-0.4, -0.2) is 39.7 Å². The minimum Gasteiger partial charge on any atom is -0.467 e. The Kier molecular flexibility index (Phi) is 6.60. The van der Waals surface area contributed by atoms with E-state index < -0.39 is 11.9 Å². The molecule has 1 atom stereocenters. The number of carbonyl (C=O) groups is 1. The summed E-state index contributed by atoms with van der Waals surface area (Å²) in [7, 11) is 1.50. The number of imidazole rings is 1. The topological polar surface area (TPSA) is 106 Å². The smallest absolute Gasteiger partial charge is 0.255 e. The lowest BCUT2D eigenvalue weighted by atomic mass is 10.0. The van der Waals surface area contributed by atoms with Crippen LogP contribution in [0.1, 0.15) is 44.5 Å². The number of carbonyl (C=O) groups excluding carboxylic acids is 1. The van der Waals surface area contributed by atoms with E-state index in [0.29, 0.717) is 46.2 Å². The summed E-state index contributed by atoms with van der Waals surface area (Å²) in [5.74, 6) is 6.76. The summed E-state index contributed by atoms with van der Waals surface area (Å²) in [5.41, 5.74) is 10.4. The molecule has 3 N–H and O–H groups in total. The highest BCUT2D eigenvalue weighted by atomic mass is 19.1. The minimum atomic E-state index is -0.759. The molecule has 1 amide bonds. The summed E-state index contributed by atoms with van der Waals surface area (Å²) in [4.78, 5) is 27.7. The van der Waals surface area contributed by atoms with Crippen molar-refractivity contribution < 1.29 is 18.7 Å². The molecule has 1 aliphatic rings. The average Bonchev–Trinajstić information content (AvgIpc) is 3.53. The molecule has 8 nitrogen and oxygen atoms in total. The summed E-state index contributed by atoms with van der Waals surface area (Å²) in [6, 6.07) is 20.0. The number of nitrogens with two attached hydrogens (primary N) is 1. The molecule has 9 heteroatoms. The summed E-state index contributed by atoms with van der Waals surface area (Å²) in [6.07, 6.45) is 1.60. The number of hydrogen-bond acceptors (Lipinski definition) is 6. The lowest BCUT2D eigenvalue weighted by Gasteiger charge is -2.28. The highest BCUT2D eigenvalue weighted by Gasteiger charge is 2.37. The number of benzene rings is 3. The van der Waals surface area contributed by atoms with Crippen LogP contribution in [0.2, 0.25) is 0 Å². The highest BCUT2D eigenvalue weighted by molar-refractivity contribution is 5.99. The molecule has 0 fully saturated rings. The van der Waals surface area contributed by atoms with Crippen LogP contribution in [-0.2, 0) is 11.3 Å². The highest BCUT2D eigenvalue weighted by Crippen LogP contribution is 2.39. The van der Waals surface area contributed by atoms with Crippen molar-refractivity contribution in [1.82, 2.24) is 19.9 Å². The van der Waals surface area contributed by atoms with E-state index in [1.807, 2.05) is 36.4 Å². The molecule has 3 aromatic carbocycles.